The molecule has 0 aromatic heterocycles. The fourth-order valence-corrected chi connectivity index (χ4v) is 2.91. The first-order valence-corrected chi connectivity index (χ1v) is 7.45. The highest BCUT2D eigenvalue weighted by Gasteiger charge is 2.22. The van der Waals surface area contributed by atoms with Crippen molar-refractivity contribution >= 4 is 40.7 Å². The lowest BCUT2D eigenvalue weighted by atomic mass is 9.98. The molecule has 6 heteroatoms. The van der Waals surface area contributed by atoms with Crippen molar-refractivity contribution in [3.63, 3.8) is 0 Å². The Morgan fingerprint density at radius 2 is 2.00 bits per heavy atom. The first kappa shape index (κ1) is 20.7. The molecule has 0 amide bonds. The van der Waals surface area contributed by atoms with Gasteiger partial charge in [-0.15, -0.1) is 31.4 Å². The number of piperazine rings is 1. The summed E-state index contributed by atoms with van der Waals surface area (Å²) in [6.45, 7) is 10.3. The smallest absolute Gasteiger partial charge is 0.129 e. The van der Waals surface area contributed by atoms with Crippen molar-refractivity contribution in [1.82, 2.24) is 10.2 Å². The monoisotopic (exact) mass is 396 g/mol. The second-order valence-electron chi connectivity index (χ2n) is 5.17. The number of benzene rings is 1. The van der Waals surface area contributed by atoms with Gasteiger partial charge in [0.25, 0.3) is 0 Å². The Balaban J connectivity index is 0.00000200. The molecule has 0 radical (unpaired) electrons. The van der Waals surface area contributed by atoms with E-state index in [1.807, 2.05) is 12.1 Å². The van der Waals surface area contributed by atoms with Gasteiger partial charge in [0.1, 0.15) is 5.75 Å². The first-order chi connectivity index (χ1) is 9.08. The van der Waals surface area contributed by atoms with Crippen LogP contribution in [0.15, 0.2) is 34.8 Å². The summed E-state index contributed by atoms with van der Waals surface area (Å²) >= 11 is 3.40. The van der Waals surface area contributed by atoms with Crippen LogP contribution in [0.4, 0.5) is 0 Å². The van der Waals surface area contributed by atoms with Gasteiger partial charge in [-0.1, -0.05) is 11.6 Å². The average molecular weight is 398 g/mol. The summed E-state index contributed by atoms with van der Waals surface area (Å²) in [6.07, 6.45) is 0.956. The number of phenolic OH excluding ortho intramolecular Hbond substituents is 1. The summed E-state index contributed by atoms with van der Waals surface area (Å²) < 4.78 is 0.756. The molecular formula is C15H23BrCl2N2O. The van der Waals surface area contributed by atoms with Crippen molar-refractivity contribution in [2.45, 2.75) is 19.4 Å². The highest BCUT2D eigenvalue weighted by molar-refractivity contribution is 9.10. The minimum absolute atomic E-state index is 0. The number of nitrogens with zero attached hydrogens (tertiary/aromatic N) is 1. The second kappa shape index (κ2) is 9.70. The van der Waals surface area contributed by atoms with Crippen molar-refractivity contribution in [3.8, 4) is 5.75 Å². The predicted octanol–water partition coefficient (Wildman–Crippen LogP) is 3.91. The fraction of sp³-hybridized carbons (Fsp3) is 0.467. The van der Waals surface area contributed by atoms with Crippen LogP contribution in [0.5, 0.6) is 5.75 Å². The van der Waals surface area contributed by atoms with Crippen LogP contribution in [0.25, 0.3) is 0 Å². The number of phenols is 1. The maximum absolute atomic E-state index is 9.63. The predicted molar refractivity (Wildman–Crippen MR) is 96.9 cm³/mol. The summed E-state index contributed by atoms with van der Waals surface area (Å²) in [5, 5.41) is 13.0. The zero-order valence-electron chi connectivity index (χ0n) is 12.1. The van der Waals surface area contributed by atoms with Crippen LogP contribution in [-0.4, -0.2) is 36.2 Å². The molecule has 1 aromatic carbocycles. The lowest BCUT2D eigenvalue weighted by molar-refractivity contribution is 0.172. The molecule has 1 aliphatic heterocycles. The van der Waals surface area contributed by atoms with Gasteiger partial charge in [0.15, 0.2) is 0 Å². The Labute approximate surface area is 147 Å². The molecular weight excluding hydrogens is 375 g/mol. The molecule has 1 atom stereocenters. The van der Waals surface area contributed by atoms with Gasteiger partial charge >= 0.3 is 0 Å². The number of halogens is 3. The highest BCUT2D eigenvalue weighted by atomic mass is 79.9. The Bertz CT molecular complexity index is 465. The Morgan fingerprint density at radius 1 is 1.38 bits per heavy atom. The van der Waals surface area contributed by atoms with Crippen LogP contribution in [0.3, 0.4) is 0 Å². The molecule has 2 rings (SSSR count). The van der Waals surface area contributed by atoms with Gasteiger partial charge in [-0.05, 0) is 47.0 Å². The third kappa shape index (κ3) is 5.80. The first-order valence-electron chi connectivity index (χ1n) is 6.65. The topological polar surface area (TPSA) is 35.5 Å². The van der Waals surface area contributed by atoms with E-state index in [2.05, 4.69) is 39.6 Å². The fourth-order valence-electron chi connectivity index (χ4n) is 2.51. The minimum Gasteiger partial charge on any atom is -0.507 e. The number of aromatic hydroxyl groups is 1. The van der Waals surface area contributed by atoms with Crippen LogP contribution >= 0.6 is 40.7 Å². The highest BCUT2D eigenvalue weighted by Crippen LogP contribution is 2.32. The van der Waals surface area contributed by atoms with E-state index in [0.29, 0.717) is 6.04 Å². The van der Waals surface area contributed by atoms with E-state index in [0.717, 1.165) is 37.1 Å². The van der Waals surface area contributed by atoms with Gasteiger partial charge in [0, 0.05) is 32.2 Å². The molecule has 3 nitrogen and oxygen atoms in total. The SMILES string of the molecule is C=C(C)C[C@@H](c1ccc(O)c(Br)c1)N1CCNCC1.Cl.Cl. The molecule has 0 unspecified atom stereocenters. The van der Waals surface area contributed by atoms with Crippen LogP contribution in [0.2, 0.25) is 0 Å². The Morgan fingerprint density at radius 3 is 2.52 bits per heavy atom. The molecule has 21 heavy (non-hydrogen) atoms. The van der Waals surface area contributed by atoms with E-state index < -0.39 is 0 Å². The molecule has 0 bridgehead atoms. The van der Waals surface area contributed by atoms with E-state index in [1.165, 1.54) is 11.1 Å². The van der Waals surface area contributed by atoms with Gasteiger partial charge in [-0.2, -0.15) is 0 Å². The number of hydrogen-bond acceptors (Lipinski definition) is 3. The van der Waals surface area contributed by atoms with Gasteiger partial charge in [-0.3, -0.25) is 4.90 Å². The molecule has 0 saturated carbocycles. The summed E-state index contributed by atoms with van der Waals surface area (Å²) in [5.41, 5.74) is 2.42. The third-order valence-corrected chi connectivity index (χ3v) is 4.13. The molecule has 1 aromatic rings. The molecule has 120 valence electrons. The second-order valence-corrected chi connectivity index (χ2v) is 6.03. The van der Waals surface area contributed by atoms with Gasteiger partial charge in [0.05, 0.1) is 4.47 Å². The van der Waals surface area contributed by atoms with E-state index >= 15 is 0 Å². The lowest BCUT2D eigenvalue weighted by Gasteiger charge is -2.35. The van der Waals surface area contributed by atoms with Crippen molar-refractivity contribution in [3.05, 3.63) is 40.4 Å². The molecule has 2 N–H and O–H groups in total. The maximum atomic E-state index is 9.63. The summed E-state index contributed by atoms with van der Waals surface area (Å²) in [6, 6.07) is 6.13. The molecule has 1 aliphatic rings. The van der Waals surface area contributed by atoms with E-state index in [9.17, 15) is 5.11 Å². The number of rotatable bonds is 4. The molecule has 1 fully saturated rings. The van der Waals surface area contributed by atoms with E-state index in [-0.39, 0.29) is 30.6 Å². The van der Waals surface area contributed by atoms with Crippen LogP contribution in [0.1, 0.15) is 24.9 Å². The third-order valence-electron chi connectivity index (χ3n) is 3.49. The number of nitrogens with one attached hydrogen (secondary N) is 1. The van der Waals surface area contributed by atoms with E-state index in [4.69, 9.17) is 0 Å². The Hall–Kier alpha value is -0.260. The Kier molecular flexibility index (Phi) is 9.58. The van der Waals surface area contributed by atoms with Crippen LogP contribution < -0.4 is 5.32 Å². The average Bonchev–Trinajstić information content (AvgIpc) is 2.40. The normalized spacial score (nSPS) is 16.5. The van der Waals surface area contributed by atoms with Crippen molar-refractivity contribution < 1.29 is 5.11 Å². The van der Waals surface area contributed by atoms with Crippen LogP contribution in [0, 0.1) is 0 Å². The largest absolute Gasteiger partial charge is 0.507 e. The molecule has 1 heterocycles. The van der Waals surface area contributed by atoms with Gasteiger partial charge in [-0.25, -0.2) is 0 Å². The zero-order chi connectivity index (χ0) is 13.8. The molecule has 1 saturated heterocycles. The van der Waals surface area contributed by atoms with Gasteiger partial charge < -0.3 is 10.4 Å². The summed E-state index contributed by atoms with van der Waals surface area (Å²) in [5.74, 6) is 0.290. The summed E-state index contributed by atoms with van der Waals surface area (Å²) in [7, 11) is 0. The van der Waals surface area contributed by atoms with Crippen molar-refractivity contribution in [2.24, 2.45) is 0 Å². The van der Waals surface area contributed by atoms with Gasteiger partial charge in [0.2, 0.25) is 0 Å². The molecule has 0 spiro atoms. The summed E-state index contributed by atoms with van der Waals surface area (Å²) in [4.78, 5) is 2.49. The standard InChI is InChI=1S/C15H21BrN2O.2ClH/c1-11(2)9-14(18-7-5-17-6-8-18)12-3-4-15(19)13(16)10-12;;/h3-4,10,14,17,19H,1,5-9H2,2H3;2*1H/t14-;;/m0../s1. The van der Waals surface area contributed by atoms with Crippen molar-refractivity contribution in [2.75, 3.05) is 26.2 Å². The van der Waals surface area contributed by atoms with E-state index in [1.54, 1.807) is 6.07 Å². The zero-order valence-corrected chi connectivity index (χ0v) is 15.4. The lowest BCUT2D eigenvalue weighted by Crippen LogP contribution is -2.45. The van der Waals surface area contributed by atoms with Crippen LogP contribution in [-0.2, 0) is 0 Å². The quantitative estimate of drug-likeness (QED) is 0.756. The minimum atomic E-state index is 0. The number of hydrogen-bond donors (Lipinski definition) is 2. The molecule has 0 aliphatic carbocycles. The maximum Gasteiger partial charge on any atom is 0.129 e. The van der Waals surface area contributed by atoms with Crippen molar-refractivity contribution in [1.29, 1.82) is 0 Å².